The van der Waals surface area contributed by atoms with Crippen molar-refractivity contribution in [1.29, 1.82) is 0 Å². The second-order valence-corrected chi connectivity index (χ2v) is 7.66. The predicted molar refractivity (Wildman–Crippen MR) is 103 cm³/mol. The van der Waals surface area contributed by atoms with Crippen LogP contribution in [0.5, 0.6) is 5.88 Å². The third kappa shape index (κ3) is 3.37. The molecule has 0 bridgehead atoms. The van der Waals surface area contributed by atoms with Crippen LogP contribution in [0.15, 0.2) is 30.3 Å². The van der Waals surface area contributed by atoms with E-state index < -0.39 is 0 Å². The van der Waals surface area contributed by atoms with Gasteiger partial charge in [0.05, 0.1) is 0 Å². The molecule has 132 valence electrons. The summed E-state index contributed by atoms with van der Waals surface area (Å²) in [6, 6.07) is 11.2. The Morgan fingerprint density at radius 3 is 2.40 bits per heavy atom. The van der Waals surface area contributed by atoms with Crippen LogP contribution in [0.2, 0.25) is 0 Å². The average Bonchev–Trinajstić information content (AvgIpc) is 2.60. The van der Waals surface area contributed by atoms with Gasteiger partial charge in [-0.1, -0.05) is 50.3 Å². The van der Waals surface area contributed by atoms with E-state index in [9.17, 15) is 0 Å². The lowest BCUT2D eigenvalue weighted by Crippen LogP contribution is -2.13. The second-order valence-electron chi connectivity index (χ2n) is 7.66. The van der Waals surface area contributed by atoms with Crippen LogP contribution < -0.4 is 9.64 Å². The van der Waals surface area contributed by atoms with Gasteiger partial charge in [-0.3, -0.25) is 0 Å². The summed E-state index contributed by atoms with van der Waals surface area (Å²) in [6.07, 6.45) is 9.64. The molecule has 1 aromatic carbocycles. The summed E-state index contributed by atoms with van der Waals surface area (Å²) in [4.78, 5) is 6.66. The smallest absolute Gasteiger partial charge is 0.223 e. The first-order valence-electron chi connectivity index (χ1n) is 9.67. The molecule has 0 radical (unpaired) electrons. The van der Waals surface area contributed by atoms with Crippen LogP contribution in [0, 0.1) is 0 Å². The Labute approximate surface area is 151 Å². The van der Waals surface area contributed by atoms with Crippen LogP contribution in [0.1, 0.15) is 62.0 Å². The van der Waals surface area contributed by atoms with Gasteiger partial charge in [0.2, 0.25) is 5.88 Å². The van der Waals surface area contributed by atoms with E-state index in [1.54, 1.807) is 0 Å². The summed E-state index contributed by atoms with van der Waals surface area (Å²) in [5.41, 5.74) is 5.22. The zero-order chi connectivity index (χ0) is 17.2. The molecule has 3 nitrogen and oxygen atoms in total. The minimum absolute atomic E-state index is 0.632. The number of aromatic nitrogens is 1. The lowest BCUT2D eigenvalue weighted by molar-refractivity contribution is 0.290. The number of ether oxygens (including phenoxy) is 1. The van der Waals surface area contributed by atoms with Gasteiger partial charge in [0.25, 0.3) is 0 Å². The first-order valence-corrected chi connectivity index (χ1v) is 9.67. The maximum Gasteiger partial charge on any atom is 0.223 e. The number of anilines is 1. The predicted octanol–water partition coefficient (Wildman–Crippen LogP) is 5.53. The van der Waals surface area contributed by atoms with Crippen molar-refractivity contribution >= 4 is 5.82 Å². The molecule has 3 heteroatoms. The Hall–Kier alpha value is -2.03. The number of pyridine rings is 1. The Kier molecular flexibility index (Phi) is 4.65. The maximum absolute atomic E-state index is 5.99. The highest BCUT2D eigenvalue weighted by molar-refractivity contribution is 5.75. The van der Waals surface area contributed by atoms with Crippen LogP contribution in [0.25, 0.3) is 11.1 Å². The van der Waals surface area contributed by atoms with E-state index in [1.165, 1.54) is 61.6 Å². The Morgan fingerprint density at radius 2 is 1.64 bits per heavy atom. The summed E-state index contributed by atoms with van der Waals surface area (Å²) < 4.78 is 5.99. The van der Waals surface area contributed by atoms with E-state index in [1.807, 2.05) is 19.0 Å². The Morgan fingerprint density at radius 1 is 0.920 bits per heavy atom. The first kappa shape index (κ1) is 16.4. The normalized spacial score (nSPS) is 17.7. The van der Waals surface area contributed by atoms with Gasteiger partial charge < -0.3 is 9.64 Å². The van der Waals surface area contributed by atoms with Crippen molar-refractivity contribution in [3.63, 3.8) is 0 Å². The van der Waals surface area contributed by atoms with Gasteiger partial charge in [-0.25, -0.2) is 0 Å². The molecular weight excluding hydrogens is 308 g/mol. The number of hydrogen-bond donors (Lipinski definition) is 0. The number of benzene rings is 1. The zero-order valence-corrected chi connectivity index (χ0v) is 15.4. The van der Waals surface area contributed by atoms with Crippen LogP contribution >= 0.6 is 0 Å². The van der Waals surface area contributed by atoms with Crippen LogP contribution in [0.3, 0.4) is 0 Å². The molecule has 0 amide bonds. The van der Waals surface area contributed by atoms with Crippen molar-refractivity contribution in [2.45, 2.75) is 57.5 Å². The van der Waals surface area contributed by atoms with Crippen molar-refractivity contribution in [2.75, 3.05) is 19.0 Å². The third-order valence-corrected chi connectivity index (χ3v) is 5.66. The molecule has 0 atom stereocenters. The molecule has 1 aliphatic carbocycles. The molecule has 4 rings (SSSR count). The molecule has 1 aliphatic heterocycles. The molecule has 0 unspecified atom stereocenters. The topological polar surface area (TPSA) is 25.4 Å². The molecule has 2 aromatic rings. The minimum atomic E-state index is 0.632. The van der Waals surface area contributed by atoms with Crippen molar-refractivity contribution in [1.82, 2.24) is 4.98 Å². The van der Waals surface area contributed by atoms with Crippen LogP contribution in [0.4, 0.5) is 5.82 Å². The summed E-state index contributed by atoms with van der Waals surface area (Å²) in [5.74, 6) is 2.42. The molecule has 0 saturated heterocycles. The van der Waals surface area contributed by atoms with Crippen molar-refractivity contribution in [3.05, 3.63) is 41.5 Å². The largest absolute Gasteiger partial charge is 0.472 e. The van der Waals surface area contributed by atoms with Crippen LogP contribution in [-0.2, 0) is 6.61 Å². The summed E-state index contributed by atoms with van der Waals surface area (Å²) >= 11 is 0. The van der Waals surface area contributed by atoms with Gasteiger partial charge in [0.1, 0.15) is 12.4 Å². The minimum Gasteiger partial charge on any atom is -0.472 e. The highest BCUT2D eigenvalue weighted by Crippen LogP contribution is 2.40. The average molecular weight is 336 g/mol. The van der Waals surface area contributed by atoms with E-state index >= 15 is 0 Å². The summed E-state index contributed by atoms with van der Waals surface area (Å²) in [5, 5.41) is 0. The second kappa shape index (κ2) is 7.07. The van der Waals surface area contributed by atoms with Crippen molar-refractivity contribution in [3.8, 4) is 17.0 Å². The van der Waals surface area contributed by atoms with E-state index in [-0.39, 0.29) is 0 Å². The summed E-state index contributed by atoms with van der Waals surface area (Å²) in [6.45, 7) is 0.632. The monoisotopic (exact) mass is 336 g/mol. The van der Waals surface area contributed by atoms with Crippen molar-refractivity contribution in [2.24, 2.45) is 0 Å². The van der Waals surface area contributed by atoms with Crippen molar-refractivity contribution < 1.29 is 4.74 Å². The molecule has 25 heavy (non-hydrogen) atoms. The fourth-order valence-corrected chi connectivity index (χ4v) is 4.18. The molecule has 1 saturated carbocycles. The van der Waals surface area contributed by atoms with E-state index in [2.05, 4.69) is 35.3 Å². The molecule has 1 fully saturated rings. The van der Waals surface area contributed by atoms with Crippen LogP contribution in [-0.4, -0.2) is 19.1 Å². The first-order chi connectivity index (χ1) is 12.2. The fourth-order valence-electron chi connectivity index (χ4n) is 4.18. The standard InChI is InChI=1S/C22H28N2O/c1-24(2)21-13-12-20-19-11-10-17(14-18(19)15-25-22(20)23-21)16-8-6-4-3-5-7-9-16/h10-14,16H,3-9,15H2,1-2H3. The maximum atomic E-state index is 5.99. The zero-order valence-electron chi connectivity index (χ0n) is 15.4. The lowest BCUT2D eigenvalue weighted by atomic mass is 9.84. The van der Waals surface area contributed by atoms with Gasteiger partial charge in [-0.05, 0) is 47.6 Å². The number of nitrogens with zero attached hydrogens (tertiary/aromatic N) is 2. The highest BCUT2D eigenvalue weighted by Gasteiger charge is 2.21. The highest BCUT2D eigenvalue weighted by atomic mass is 16.5. The molecule has 2 aliphatic rings. The Balaban J connectivity index is 1.63. The van der Waals surface area contributed by atoms with Gasteiger partial charge >= 0.3 is 0 Å². The fraction of sp³-hybridized carbons (Fsp3) is 0.500. The van der Waals surface area contributed by atoms with E-state index in [4.69, 9.17) is 4.74 Å². The molecule has 1 aromatic heterocycles. The van der Waals surface area contributed by atoms with Gasteiger partial charge in [-0.2, -0.15) is 4.98 Å². The summed E-state index contributed by atoms with van der Waals surface area (Å²) in [7, 11) is 4.01. The van der Waals surface area contributed by atoms with Gasteiger partial charge in [0.15, 0.2) is 0 Å². The van der Waals surface area contributed by atoms with Gasteiger partial charge in [-0.15, -0.1) is 0 Å². The SMILES string of the molecule is CN(C)c1ccc2c(n1)OCc1cc(C3CCCCCCC3)ccc1-2. The molecule has 0 N–H and O–H groups in total. The third-order valence-electron chi connectivity index (χ3n) is 5.66. The van der Waals surface area contributed by atoms with E-state index in [0.717, 1.165) is 23.2 Å². The lowest BCUT2D eigenvalue weighted by Gasteiger charge is -2.25. The van der Waals surface area contributed by atoms with Gasteiger partial charge in [0, 0.05) is 19.7 Å². The molecule has 0 spiro atoms. The van der Waals surface area contributed by atoms with E-state index in [0.29, 0.717) is 6.61 Å². The molecular formula is C22H28N2O. The molecule has 2 heterocycles. The number of hydrogen-bond acceptors (Lipinski definition) is 3. The quantitative estimate of drug-likeness (QED) is 0.720. The number of fused-ring (bicyclic) bond motifs is 3. The number of rotatable bonds is 2. The Bertz CT molecular complexity index is 746.